The normalized spacial score (nSPS) is 18.3. The first-order chi connectivity index (χ1) is 8.69. The van der Waals surface area contributed by atoms with E-state index in [-0.39, 0.29) is 5.91 Å². The van der Waals surface area contributed by atoms with Crippen LogP contribution in [0.1, 0.15) is 25.3 Å². The van der Waals surface area contributed by atoms with E-state index in [0.717, 1.165) is 5.56 Å². The molecule has 0 saturated carbocycles. The summed E-state index contributed by atoms with van der Waals surface area (Å²) in [5.74, 6) is 0.0792. The van der Waals surface area contributed by atoms with Crippen molar-refractivity contribution in [3.05, 3.63) is 34.9 Å². The molecule has 3 nitrogen and oxygen atoms in total. The third-order valence-electron chi connectivity index (χ3n) is 3.50. The van der Waals surface area contributed by atoms with E-state index in [4.69, 9.17) is 16.3 Å². The summed E-state index contributed by atoms with van der Waals surface area (Å²) in [6.45, 7) is 3.80. The SMILES string of the molecule is CCNC(=O)C1(c2cccc(Cl)c2)CCOCC1. The molecule has 1 aliphatic rings. The molecule has 1 saturated heterocycles. The van der Waals surface area contributed by atoms with Gasteiger partial charge in [-0.3, -0.25) is 4.79 Å². The number of hydrogen-bond donors (Lipinski definition) is 1. The van der Waals surface area contributed by atoms with Crippen LogP contribution >= 0.6 is 11.6 Å². The summed E-state index contributed by atoms with van der Waals surface area (Å²) in [6, 6.07) is 7.60. The Hall–Kier alpha value is -1.06. The average Bonchev–Trinajstić information content (AvgIpc) is 2.40. The molecule has 1 aromatic carbocycles. The standard InChI is InChI=1S/C14H18ClNO2/c1-2-16-13(17)14(6-8-18-9-7-14)11-4-3-5-12(15)10-11/h3-5,10H,2,6-9H2,1H3,(H,16,17). The van der Waals surface area contributed by atoms with Crippen LogP contribution in [0.2, 0.25) is 5.02 Å². The molecule has 1 N–H and O–H groups in total. The molecule has 1 fully saturated rings. The van der Waals surface area contributed by atoms with Gasteiger partial charge < -0.3 is 10.1 Å². The van der Waals surface area contributed by atoms with Gasteiger partial charge in [-0.15, -0.1) is 0 Å². The number of rotatable bonds is 3. The van der Waals surface area contributed by atoms with Crippen molar-refractivity contribution >= 4 is 17.5 Å². The van der Waals surface area contributed by atoms with Crippen molar-refractivity contribution < 1.29 is 9.53 Å². The molecule has 2 rings (SSSR count). The zero-order chi connectivity index (χ0) is 13.0. The van der Waals surface area contributed by atoms with E-state index < -0.39 is 5.41 Å². The van der Waals surface area contributed by atoms with Crippen LogP contribution in [0.3, 0.4) is 0 Å². The molecule has 0 atom stereocenters. The maximum Gasteiger partial charge on any atom is 0.230 e. The maximum atomic E-state index is 12.4. The minimum atomic E-state index is -0.487. The second-order valence-electron chi connectivity index (χ2n) is 4.56. The predicted octanol–water partition coefficient (Wildman–Crippen LogP) is 2.52. The van der Waals surface area contributed by atoms with Crippen LogP contribution in [0.4, 0.5) is 0 Å². The zero-order valence-electron chi connectivity index (χ0n) is 10.5. The Morgan fingerprint density at radius 3 is 2.78 bits per heavy atom. The lowest BCUT2D eigenvalue weighted by Gasteiger charge is -2.36. The second-order valence-corrected chi connectivity index (χ2v) is 5.00. The smallest absolute Gasteiger partial charge is 0.230 e. The number of halogens is 1. The van der Waals surface area contributed by atoms with Gasteiger partial charge in [-0.05, 0) is 37.5 Å². The van der Waals surface area contributed by atoms with Crippen molar-refractivity contribution in [1.82, 2.24) is 5.32 Å². The minimum Gasteiger partial charge on any atom is -0.381 e. The summed E-state index contributed by atoms with van der Waals surface area (Å²) in [6.07, 6.45) is 1.42. The number of benzene rings is 1. The third kappa shape index (κ3) is 2.52. The predicted molar refractivity (Wildman–Crippen MR) is 71.9 cm³/mol. The molecular formula is C14H18ClNO2. The number of likely N-dealkylation sites (N-methyl/N-ethyl adjacent to an activating group) is 1. The molecule has 0 radical (unpaired) electrons. The minimum absolute atomic E-state index is 0.0792. The van der Waals surface area contributed by atoms with Gasteiger partial charge in [-0.2, -0.15) is 0 Å². The van der Waals surface area contributed by atoms with Crippen molar-refractivity contribution in [1.29, 1.82) is 0 Å². The van der Waals surface area contributed by atoms with Gasteiger partial charge in [0, 0.05) is 24.8 Å². The summed E-state index contributed by atoms with van der Waals surface area (Å²) >= 11 is 6.04. The van der Waals surface area contributed by atoms with Gasteiger partial charge in [0.05, 0.1) is 5.41 Å². The number of nitrogens with one attached hydrogen (secondary N) is 1. The first kappa shape index (κ1) is 13.4. The Bertz CT molecular complexity index is 428. The fourth-order valence-corrected chi connectivity index (χ4v) is 2.67. The number of carbonyl (C=O) groups excluding carboxylic acids is 1. The van der Waals surface area contributed by atoms with Crippen LogP contribution < -0.4 is 5.32 Å². The van der Waals surface area contributed by atoms with Crippen molar-refractivity contribution in [3.63, 3.8) is 0 Å². The summed E-state index contributed by atoms with van der Waals surface area (Å²) in [5.41, 5.74) is 0.503. The zero-order valence-corrected chi connectivity index (χ0v) is 11.3. The molecule has 1 amide bonds. The Morgan fingerprint density at radius 1 is 1.44 bits per heavy atom. The molecule has 0 bridgehead atoms. The van der Waals surface area contributed by atoms with Crippen molar-refractivity contribution in [2.45, 2.75) is 25.2 Å². The van der Waals surface area contributed by atoms with E-state index in [2.05, 4.69) is 5.32 Å². The molecule has 98 valence electrons. The molecule has 1 aromatic rings. The monoisotopic (exact) mass is 267 g/mol. The van der Waals surface area contributed by atoms with Crippen LogP contribution in [0, 0.1) is 0 Å². The van der Waals surface area contributed by atoms with E-state index in [0.29, 0.717) is 37.6 Å². The van der Waals surface area contributed by atoms with E-state index in [9.17, 15) is 4.79 Å². The fraction of sp³-hybridized carbons (Fsp3) is 0.500. The molecule has 0 spiro atoms. The fourth-order valence-electron chi connectivity index (χ4n) is 2.48. The first-order valence-electron chi connectivity index (χ1n) is 6.31. The van der Waals surface area contributed by atoms with E-state index in [1.54, 1.807) is 0 Å². The molecule has 0 aliphatic carbocycles. The average molecular weight is 268 g/mol. The summed E-state index contributed by atoms with van der Waals surface area (Å²) in [7, 11) is 0. The number of ether oxygens (including phenoxy) is 1. The van der Waals surface area contributed by atoms with E-state index in [1.165, 1.54) is 0 Å². The van der Waals surface area contributed by atoms with Crippen LogP contribution in [0.15, 0.2) is 24.3 Å². The van der Waals surface area contributed by atoms with Crippen LogP contribution in [0.5, 0.6) is 0 Å². The molecule has 4 heteroatoms. The van der Waals surface area contributed by atoms with Crippen LogP contribution in [0.25, 0.3) is 0 Å². The topological polar surface area (TPSA) is 38.3 Å². The number of hydrogen-bond acceptors (Lipinski definition) is 2. The van der Waals surface area contributed by atoms with Crippen molar-refractivity contribution in [2.75, 3.05) is 19.8 Å². The summed E-state index contributed by atoms with van der Waals surface area (Å²) < 4.78 is 5.39. The first-order valence-corrected chi connectivity index (χ1v) is 6.69. The highest BCUT2D eigenvalue weighted by Gasteiger charge is 2.41. The number of carbonyl (C=O) groups is 1. The van der Waals surface area contributed by atoms with Gasteiger partial charge in [-0.1, -0.05) is 23.7 Å². The Labute approximate surface area is 112 Å². The van der Waals surface area contributed by atoms with E-state index in [1.807, 2.05) is 31.2 Å². The van der Waals surface area contributed by atoms with Gasteiger partial charge in [0.2, 0.25) is 5.91 Å². The Kier molecular flexibility index (Phi) is 4.25. The van der Waals surface area contributed by atoms with E-state index >= 15 is 0 Å². The summed E-state index contributed by atoms with van der Waals surface area (Å²) in [4.78, 5) is 12.4. The highest BCUT2D eigenvalue weighted by Crippen LogP contribution is 2.36. The second kappa shape index (κ2) is 5.72. The quantitative estimate of drug-likeness (QED) is 0.914. The van der Waals surface area contributed by atoms with Gasteiger partial charge >= 0.3 is 0 Å². The number of amides is 1. The summed E-state index contributed by atoms with van der Waals surface area (Å²) in [5, 5.41) is 3.61. The lowest BCUT2D eigenvalue weighted by atomic mass is 9.73. The van der Waals surface area contributed by atoms with Gasteiger partial charge in [0.25, 0.3) is 0 Å². The van der Waals surface area contributed by atoms with Gasteiger partial charge in [-0.25, -0.2) is 0 Å². The lowest BCUT2D eigenvalue weighted by molar-refractivity contribution is -0.130. The maximum absolute atomic E-state index is 12.4. The molecule has 1 aliphatic heterocycles. The Balaban J connectivity index is 2.38. The van der Waals surface area contributed by atoms with Crippen LogP contribution in [-0.4, -0.2) is 25.7 Å². The highest BCUT2D eigenvalue weighted by atomic mass is 35.5. The van der Waals surface area contributed by atoms with Gasteiger partial charge in [0.1, 0.15) is 0 Å². The lowest BCUT2D eigenvalue weighted by Crippen LogP contribution is -2.48. The molecular weight excluding hydrogens is 250 g/mol. The third-order valence-corrected chi connectivity index (χ3v) is 3.73. The Morgan fingerprint density at radius 2 is 2.17 bits per heavy atom. The highest BCUT2D eigenvalue weighted by molar-refractivity contribution is 6.30. The molecule has 1 heterocycles. The molecule has 18 heavy (non-hydrogen) atoms. The largest absolute Gasteiger partial charge is 0.381 e. The van der Waals surface area contributed by atoms with Crippen LogP contribution in [-0.2, 0) is 14.9 Å². The van der Waals surface area contributed by atoms with Gasteiger partial charge in [0.15, 0.2) is 0 Å². The van der Waals surface area contributed by atoms with Crippen molar-refractivity contribution in [2.24, 2.45) is 0 Å². The van der Waals surface area contributed by atoms with Crippen molar-refractivity contribution in [3.8, 4) is 0 Å². The molecule has 0 aromatic heterocycles. The molecule has 0 unspecified atom stereocenters.